The number of halogens is 3. The topological polar surface area (TPSA) is 108 Å². The number of carbonyl (C=O) groups is 1. The van der Waals surface area contributed by atoms with E-state index in [1.54, 1.807) is 6.07 Å². The van der Waals surface area contributed by atoms with Gasteiger partial charge in [-0.05, 0) is 24.3 Å². The van der Waals surface area contributed by atoms with E-state index in [0.29, 0.717) is 0 Å². The Labute approximate surface area is 150 Å². The zero-order chi connectivity index (χ0) is 20.0. The molecule has 0 aliphatic rings. The molecule has 2 N–H and O–H groups in total. The SMILES string of the molecule is N#C/C(=C/Nc1cccc(C(F)(F)F)c1)C(=O)Nc1cccc([N+](=O)[O-])c1. The number of nitrogens with one attached hydrogen (secondary N) is 2. The lowest BCUT2D eigenvalue weighted by atomic mass is 10.2. The van der Waals surface area contributed by atoms with Crippen molar-refractivity contribution in [3.63, 3.8) is 0 Å². The van der Waals surface area contributed by atoms with Crippen LogP contribution in [0, 0.1) is 21.4 Å². The Hall–Kier alpha value is -3.87. The van der Waals surface area contributed by atoms with E-state index in [1.807, 2.05) is 0 Å². The van der Waals surface area contributed by atoms with E-state index in [2.05, 4.69) is 10.6 Å². The molecule has 2 rings (SSSR count). The fraction of sp³-hybridized carbons (Fsp3) is 0.0588. The van der Waals surface area contributed by atoms with Gasteiger partial charge in [-0.15, -0.1) is 0 Å². The highest BCUT2D eigenvalue weighted by atomic mass is 19.4. The number of hydrogen-bond donors (Lipinski definition) is 2. The van der Waals surface area contributed by atoms with Crippen LogP contribution in [0.25, 0.3) is 0 Å². The molecule has 0 aliphatic carbocycles. The average molecular weight is 376 g/mol. The molecule has 0 saturated heterocycles. The number of hydrogen-bond acceptors (Lipinski definition) is 5. The van der Waals surface area contributed by atoms with E-state index in [4.69, 9.17) is 5.26 Å². The Morgan fingerprint density at radius 3 is 2.44 bits per heavy atom. The van der Waals surface area contributed by atoms with Crippen molar-refractivity contribution in [2.75, 3.05) is 10.6 Å². The summed E-state index contributed by atoms with van der Waals surface area (Å²) in [5, 5.41) is 24.6. The van der Waals surface area contributed by atoms with Gasteiger partial charge in [0, 0.05) is 29.7 Å². The van der Waals surface area contributed by atoms with Gasteiger partial charge in [0.25, 0.3) is 11.6 Å². The van der Waals surface area contributed by atoms with Crippen molar-refractivity contribution in [3.05, 3.63) is 76.0 Å². The summed E-state index contributed by atoms with van der Waals surface area (Å²) in [5.74, 6) is -0.877. The number of benzene rings is 2. The normalized spacial score (nSPS) is 11.4. The molecule has 2 aromatic rings. The van der Waals surface area contributed by atoms with Crippen LogP contribution in [0.15, 0.2) is 60.3 Å². The van der Waals surface area contributed by atoms with Crippen LogP contribution in [0.4, 0.5) is 30.2 Å². The number of non-ortho nitro benzene ring substituents is 1. The molecule has 0 aliphatic heterocycles. The molecule has 7 nitrogen and oxygen atoms in total. The van der Waals surface area contributed by atoms with Crippen molar-refractivity contribution in [2.45, 2.75) is 6.18 Å². The molecule has 0 heterocycles. The molecular weight excluding hydrogens is 365 g/mol. The molecule has 0 spiro atoms. The first-order valence-corrected chi connectivity index (χ1v) is 7.30. The Bertz CT molecular complexity index is 949. The quantitative estimate of drug-likeness (QED) is 0.354. The summed E-state index contributed by atoms with van der Waals surface area (Å²) in [6, 6.07) is 10.9. The Balaban J connectivity index is 2.14. The second kappa shape index (κ2) is 8.01. The van der Waals surface area contributed by atoms with Crippen LogP contribution in [0.5, 0.6) is 0 Å². The van der Waals surface area contributed by atoms with Crippen molar-refractivity contribution < 1.29 is 22.9 Å². The molecule has 0 bridgehead atoms. The first-order valence-electron chi connectivity index (χ1n) is 7.30. The van der Waals surface area contributed by atoms with Crippen LogP contribution in [-0.4, -0.2) is 10.8 Å². The Morgan fingerprint density at radius 2 is 1.81 bits per heavy atom. The molecular formula is C17H11F3N4O3. The second-order valence-electron chi connectivity index (χ2n) is 5.15. The Morgan fingerprint density at radius 1 is 1.15 bits per heavy atom. The number of nitrogens with zero attached hydrogens (tertiary/aromatic N) is 2. The summed E-state index contributed by atoms with van der Waals surface area (Å²) >= 11 is 0. The lowest BCUT2D eigenvalue weighted by molar-refractivity contribution is -0.384. The Kier molecular flexibility index (Phi) is 5.77. The van der Waals surface area contributed by atoms with Crippen LogP contribution in [0.1, 0.15) is 5.56 Å². The van der Waals surface area contributed by atoms with Gasteiger partial charge in [0.2, 0.25) is 0 Å². The van der Waals surface area contributed by atoms with Crippen molar-refractivity contribution in [3.8, 4) is 6.07 Å². The number of nitro benzene ring substituents is 1. The zero-order valence-electron chi connectivity index (χ0n) is 13.4. The molecule has 1 amide bonds. The highest BCUT2D eigenvalue weighted by Crippen LogP contribution is 2.30. The van der Waals surface area contributed by atoms with Crippen LogP contribution in [-0.2, 0) is 11.0 Å². The molecule has 0 aromatic heterocycles. The van der Waals surface area contributed by atoms with Crippen molar-refractivity contribution in [2.24, 2.45) is 0 Å². The highest BCUT2D eigenvalue weighted by Gasteiger charge is 2.30. The molecule has 0 saturated carbocycles. The summed E-state index contributed by atoms with van der Waals surface area (Å²) in [5.41, 5.74) is -1.45. The summed E-state index contributed by atoms with van der Waals surface area (Å²) in [6.45, 7) is 0. The van der Waals surface area contributed by atoms with Crippen LogP contribution in [0.2, 0.25) is 0 Å². The number of anilines is 2. The molecule has 2 aromatic carbocycles. The fourth-order valence-electron chi connectivity index (χ4n) is 1.99. The number of alkyl halides is 3. The monoisotopic (exact) mass is 376 g/mol. The molecule has 0 radical (unpaired) electrons. The van der Waals surface area contributed by atoms with E-state index in [0.717, 1.165) is 24.4 Å². The predicted octanol–water partition coefficient (Wildman–Crippen LogP) is 4.07. The number of nitro groups is 1. The van der Waals surface area contributed by atoms with E-state index >= 15 is 0 Å². The standard InChI is InChI=1S/C17H11F3N4O3/c18-17(19,20)12-3-1-4-13(7-12)22-10-11(9-21)16(25)23-14-5-2-6-15(8-14)24(26)27/h1-8,10,22H,(H,23,25)/b11-10-. The van der Waals surface area contributed by atoms with Crippen LogP contribution < -0.4 is 10.6 Å². The smallest absolute Gasteiger partial charge is 0.360 e. The number of carbonyl (C=O) groups excluding carboxylic acids is 1. The number of amides is 1. The van der Waals surface area contributed by atoms with Gasteiger partial charge >= 0.3 is 6.18 Å². The van der Waals surface area contributed by atoms with Gasteiger partial charge in [-0.1, -0.05) is 12.1 Å². The third-order valence-electron chi connectivity index (χ3n) is 3.25. The van der Waals surface area contributed by atoms with Gasteiger partial charge in [-0.25, -0.2) is 0 Å². The minimum atomic E-state index is -4.53. The maximum absolute atomic E-state index is 12.7. The number of rotatable bonds is 5. The summed E-state index contributed by atoms with van der Waals surface area (Å²) in [6.07, 6.45) is -3.58. The summed E-state index contributed by atoms with van der Waals surface area (Å²) in [4.78, 5) is 22.2. The maximum atomic E-state index is 12.7. The lowest BCUT2D eigenvalue weighted by Crippen LogP contribution is -2.14. The van der Waals surface area contributed by atoms with Crippen molar-refractivity contribution in [1.82, 2.24) is 0 Å². The summed E-state index contributed by atoms with van der Waals surface area (Å²) in [7, 11) is 0. The molecule has 27 heavy (non-hydrogen) atoms. The average Bonchev–Trinajstić information content (AvgIpc) is 2.62. The van der Waals surface area contributed by atoms with Crippen molar-refractivity contribution in [1.29, 1.82) is 5.26 Å². The van der Waals surface area contributed by atoms with E-state index in [9.17, 15) is 28.1 Å². The maximum Gasteiger partial charge on any atom is 0.416 e. The van der Waals surface area contributed by atoms with Gasteiger partial charge in [0.15, 0.2) is 0 Å². The number of nitriles is 1. The molecule has 0 fully saturated rings. The fourth-order valence-corrected chi connectivity index (χ4v) is 1.99. The predicted molar refractivity (Wildman–Crippen MR) is 90.5 cm³/mol. The minimum absolute atomic E-state index is 0.0284. The third kappa shape index (κ3) is 5.30. The van der Waals surface area contributed by atoms with E-state index < -0.39 is 28.1 Å². The molecule has 10 heteroatoms. The van der Waals surface area contributed by atoms with Gasteiger partial charge < -0.3 is 10.6 Å². The minimum Gasteiger partial charge on any atom is -0.360 e. The van der Waals surface area contributed by atoms with Gasteiger partial charge in [-0.3, -0.25) is 14.9 Å². The first kappa shape index (κ1) is 19.5. The van der Waals surface area contributed by atoms with E-state index in [1.165, 1.54) is 30.3 Å². The van der Waals surface area contributed by atoms with Crippen LogP contribution >= 0.6 is 0 Å². The van der Waals surface area contributed by atoms with Crippen LogP contribution in [0.3, 0.4) is 0 Å². The lowest BCUT2D eigenvalue weighted by Gasteiger charge is -2.09. The van der Waals surface area contributed by atoms with Gasteiger partial charge in [0.05, 0.1) is 10.5 Å². The largest absolute Gasteiger partial charge is 0.416 e. The third-order valence-corrected chi connectivity index (χ3v) is 3.25. The van der Waals surface area contributed by atoms with Crippen molar-refractivity contribution >= 4 is 23.0 Å². The second-order valence-corrected chi connectivity index (χ2v) is 5.15. The molecule has 0 unspecified atom stereocenters. The highest BCUT2D eigenvalue weighted by molar-refractivity contribution is 6.06. The van der Waals surface area contributed by atoms with Gasteiger partial charge in [-0.2, -0.15) is 18.4 Å². The summed E-state index contributed by atoms with van der Waals surface area (Å²) < 4.78 is 38.1. The molecule has 0 atom stereocenters. The molecule has 138 valence electrons. The van der Waals surface area contributed by atoms with Gasteiger partial charge in [0.1, 0.15) is 11.6 Å². The first-order chi connectivity index (χ1) is 12.7. The van der Waals surface area contributed by atoms with E-state index in [-0.39, 0.29) is 17.1 Å². The zero-order valence-corrected chi connectivity index (χ0v) is 13.4.